The summed E-state index contributed by atoms with van der Waals surface area (Å²) in [6.07, 6.45) is -3.66. The fourth-order valence-corrected chi connectivity index (χ4v) is 4.20. The Hall–Kier alpha value is -3.34. The van der Waals surface area contributed by atoms with Crippen LogP contribution >= 0.6 is 0 Å². The number of amides is 2. The van der Waals surface area contributed by atoms with Crippen molar-refractivity contribution in [1.82, 2.24) is 4.90 Å². The average molecular weight is 498 g/mol. The smallest absolute Gasteiger partial charge is 0.408 e. The normalized spacial score (nSPS) is 15.7. The van der Waals surface area contributed by atoms with Crippen molar-refractivity contribution < 1.29 is 41.7 Å². The largest absolute Gasteiger partial charge is 0.497 e. The van der Waals surface area contributed by atoms with E-state index in [9.17, 15) is 32.3 Å². The van der Waals surface area contributed by atoms with E-state index in [2.05, 4.69) is 5.32 Å². The van der Waals surface area contributed by atoms with Crippen molar-refractivity contribution in [2.45, 2.75) is 38.2 Å². The van der Waals surface area contributed by atoms with Gasteiger partial charge in [0.25, 0.3) is 12.3 Å². The maximum Gasteiger partial charge on any atom is 0.408 e. The van der Waals surface area contributed by atoms with Gasteiger partial charge < -0.3 is 19.9 Å². The van der Waals surface area contributed by atoms with Crippen LogP contribution in [0.2, 0.25) is 0 Å². The van der Waals surface area contributed by atoms with Crippen LogP contribution in [0, 0.1) is 11.6 Å². The Balaban J connectivity index is 1.87. The highest BCUT2D eigenvalue weighted by Gasteiger charge is 2.37. The highest BCUT2D eigenvalue weighted by molar-refractivity contribution is 5.97. The highest BCUT2D eigenvalue weighted by atomic mass is 19.3. The summed E-state index contributed by atoms with van der Waals surface area (Å²) in [6, 6.07) is 5.44. The molecule has 0 saturated carbocycles. The molecular weight excluding hydrogens is 472 g/mol. The SMILES string of the molecule is COc1ccc2c(c1)CCN(C(=O)O)C2C(=O)Nc1cc(F)c(C(C)(C)COCC(F)F)c(F)c1. The molecule has 3 rings (SSSR count). The third-order valence-corrected chi connectivity index (χ3v) is 5.77. The first-order valence-electron chi connectivity index (χ1n) is 10.8. The maximum atomic E-state index is 14.9. The molecule has 1 unspecified atom stereocenters. The minimum atomic E-state index is -2.71. The van der Waals surface area contributed by atoms with Gasteiger partial charge in [0.1, 0.15) is 30.0 Å². The number of hydrogen-bond donors (Lipinski definition) is 2. The van der Waals surface area contributed by atoms with Crippen LogP contribution in [0.4, 0.5) is 28.0 Å². The van der Waals surface area contributed by atoms with Gasteiger partial charge in [-0.15, -0.1) is 0 Å². The molecule has 1 aliphatic heterocycles. The zero-order valence-corrected chi connectivity index (χ0v) is 19.4. The van der Waals surface area contributed by atoms with Gasteiger partial charge >= 0.3 is 6.09 Å². The van der Waals surface area contributed by atoms with Crippen molar-refractivity contribution in [3.8, 4) is 5.75 Å². The van der Waals surface area contributed by atoms with Crippen molar-refractivity contribution in [2.75, 3.05) is 32.2 Å². The first-order chi connectivity index (χ1) is 16.4. The van der Waals surface area contributed by atoms with Crippen LogP contribution in [0.3, 0.4) is 0 Å². The molecule has 1 atom stereocenters. The minimum absolute atomic E-state index is 0.0437. The molecule has 11 heteroatoms. The second-order valence-corrected chi connectivity index (χ2v) is 8.79. The average Bonchev–Trinajstić information content (AvgIpc) is 2.76. The fourth-order valence-electron chi connectivity index (χ4n) is 4.20. The Kier molecular flexibility index (Phi) is 7.89. The second kappa shape index (κ2) is 10.5. The van der Waals surface area contributed by atoms with E-state index < -0.39 is 48.1 Å². The topological polar surface area (TPSA) is 88.1 Å². The summed E-state index contributed by atoms with van der Waals surface area (Å²) >= 11 is 0. The van der Waals surface area contributed by atoms with Crippen LogP contribution in [-0.2, 0) is 21.4 Å². The van der Waals surface area contributed by atoms with E-state index in [1.165, 1.54) is 21.0 Å². The number of carbonyl (C=O) groups excluding carboxylic acids is 1. The zero-order valence-electron chi connectivity index (χ0n) is 19.4. The van der Waals surface area contributed by atoms with Crippen molar-refractivity contribution in [3.63, 3.8) is 0 Å². The van der Waals surface area contributed by atoms with E-state index >= 15 is 0 Å². The number of nitrogens with one attached hydrogen (secondary N) is 1. The summed E-state index contributed by atoms with van der Waals surface area (Å²) in [5.74, 6) is -2.25. The predicted molar refractivity (Wildman–Crippen MR) is 119 cm³/mol. The molecule has 1 heterocycles. The van der Waals surface area contributed by atoms with Crippen molar-refractivity contribution in [1.29, 1.82) is 0 Å². The van der Waals surface area contributed by atoms with Crippen LogP contribution in [0.15, 0.2) is 30.3 Å². The molecule has 0 saturated heterocycles. The molecule has 2 aromatic carbocycles. The Labute approximate surface area is 199 Å². The predicted octanol–water partition coefficient (Wildman–Crippen LogP) is 4.75. The summed E-state index contributed by atoms with van der Waals surface area (Å²) < 4.78 is 64.5. The molecule has 190 valence electrons. The Bertz CT molecular complexity index is 1090. The summed E-state index contributed by atoms with van der Waals surface area (Å²) in [5, 5.41) is 12.0. The number of methoxy groups -OCH3 is 1. The number of carboxylic acid groups (broad SMARTS) is 1. The highest BCUT2D eigenvalue weighted by Crippen LogP contribution is 2.35. The first kappa shape index (κ1) is 26.3. The van der Waals surface area contributed by atoms with Gasteiger partial charge in [-0.1, -0.05) is 19.9 Å². The lowest BCUT2D eigenvalue weighted by atomic mass is 9.84. The van der Waals surface area contributed by atoms with E-state index in [-0.39, 0.29) is 24.4 Å². The molecule has 0 radical (unpaired) electrons. The van der Waals surface area contributed by atoms with E-state index in [0.717, 1.165) is 22.6 Å². The number of fused-ring (bicyclic) bond motifs is 1. The lowest BCUT2D eigenvalue weighted by Crippen LogP contribution is -2.44. The monoisotopic (exact) mass is 498 g/mol. The molecule has 0 aliphatic carbocycles. The van der Waals surface area contributed by atoms with E-state index in [4.69, 9.17) is 9.47 Å². The Morgan fingerprint density at radius 2 is 1.86 bits per heavy atom. The molecule has 0 spiro atoms. The van der Waals surface area contributed by atoms with Crippen molar-refractivity contribution >= 4 is 17.7 Å². The van der Waals surface area contributed by atoms with Crippen LogP contribution in [0.5, 0.6) is 5.75 Å². The van der Waals surface area contributed by atoms with Gasteiger partial charge in [-0.3, -0.25) is 9.69 Å². The lowest BCUT2D eigenvalue weighted by molar-refractivity contribution is -0.121. The number of halogens is 4. The summed E-state index contributed by atoms with van der Waals surface area (Å²) in [5.41, 5.74) is -0.712. The number of benzene rings is 2. The molecule has 2 N–H and O–H groups in total. The van der Waals surface area contributed by atoms with E-state index in [1.54, 1.807) is 18.2 Å². The number of carbonyl (C=O) groups is 2. The van der Waals surface area contributed by atoms with Gasteiger partial charge in [0.15, 0.2) is 0 Å². The molecule has 7 nitrogen and oxygen atoms in total. The van der Waals surface area contributed by atoms with E-state index in [1.807, 2.05) is 0 Å². The van der Waals surface area contributed by atoms with Gasteiger partial charge in [-0.25, -0.2) is 22.4 Å². The van der Waals surface area contributed by atoms with Gasteiger partial charge in [0.05, 0.1) is 13.7 Å². The van der Waals surface area contributed by atoms with Gasteiger partial charge in [0.2, 0.25) is 0 Å². The van der Waals surface area contributed by atoms with Crippen LogP contribution in [0.25, 0.3) is 0 Å². The standard InChI is InChI=1S/C24H26F4N2O5/c1-24(2,12-35-11-19(27)28)20-17(25)9-14(10-18(20)26)29-22(31)21-16-5-4-15(34-3)8-13(16)6-7-30(21)23(32)33/h4-5,8-10,19,21H,6-7,11-12H2,1-3H3,(H,29,31)(H,32,33). The van der Waals surface area contributed by atoms with E-state index in [0.29, 0.717) is 17.7 Å². The summed E-state index contributed by atoms with van der Waals surface area (Å²) in [6.45, 7) is 1.71. The molecule has 0 fully saturated rings. The molecule has 0 aromatic heterocycles. The number of nitrogens with zero attached hydrogens (tertiary/aromatic N) is 1. The molecule has 2 amide bonds. The quantitative estimate of drug-likeness (QED) is 0.513. The molecule has 35 heavy (non-hydrogen) atoms. The lowest BCUT2D eigenvalue weighted by Gasteiger charge is -2.34. The Morgan fingerprint density at radius 1 is 1.20 bits per heavy atom. The third kappa shape index (κ3) is 5.84. The Morgan fingerprint density at radius 3 is 2.43 bits per heavy atom. The number of rotatable bonds is 8. The minimum Gasteiger partial charge on any atom is -0.497 e. The number of ether oxygens (including phenoxy) is 2. The molecular formula is C24H26F4N2O5. The maximum absolute atomic E-state index is 14.9. The van der Waals surface area contributed by atoms with Crippen molar-refractivity contribution in [3.05, 3.63) is 58.7 Å². The molecule has 0 bridgehead atoms. The van der Waals surface area contributed by atoms with Gasteiger partial charge in [0, 0.05) is 23.2 Å². The van der Waals surface area contributed by atoms with Gasteiger partial charge in [-0.2, -0.15) is 0 Å². The van der Waals surface area contributed by atoms with Crippen LogP contribution < -0.4 is 10.1 Å². The zero-order chi connectivity index (χ0) is 25.9. The van der Waals surface area contributed by atoms with Gasteiger partial charge in [-0.05, 0) is 41.8 Å². The number of hydrogen-bond acceptors (Lipinski definition) is 4. The van der Waals surface area contributed by atoms with Crippen LogP contribution in [0.1, 0.15) is 36.6 Å². The second-order valence-electron chi connectivity index (χ2n) is 8.79. The molecule has 2 aromatic rings. The third-order valence-electron chi connectivity index (χ3n) is 5.77. The first-order valence-corrected chi connectivity index (χ1v) is 10.8. The number of alkyl halides is 2. The molecule has 1 aliphatic rings. The summed E-state index contributed by atoms with van der Waals surface area (Å²) in [4.78, 5) is 25.9. The summed E-state index contributed by atoms with van der Waals surface area (Å²) in [7, 11) is 1.48. The number of anilines is 1. The van der Waals surface area contributed by atoms with Crippen LogP contribution in [-0.4, -0.2) is 55.3 Å². The van der Waals surface area contributed by atoms with Crippen molar-refractivity contribution in [2.24, 2.45) is 0 Å². The fraction of sp³-hybridized carbons (Fsp3) is 0.417.